The quantitative estimate of drug-likeness (QED) is 0.632. The number of likely N-dealkylation sites (tertiary alicyclic amines) is 1. The van der Waals surface area contributed by atoms with Gasteiger partial charge in [-0.05, 0) is 69.9 Å². The fourth-order valence-corrected chi connectivity index (χ4v) is 4.41. The number of nitro benzene ring substituents is 1. The molecule has 0 radical (unpaired) electrons. The molecule has 1 aliphatic heterocycles. The first-order valence-corrected chi connectivity index (χ1v) is 9.64. The number of nitrogens with one attached hydrogen (secondary N) is 1. The Hall–Kier alpha value is -1.62. The van der Waals surface area contributed by atoms with E-state index in [-0.39, 0.29) is 10.6 Å². The number of nitrogens with zero attached hydrogens (tertiary/aromatic N) is 2. The molecule has 1 heterocycles. The van der Waals surface area contributed by atoms with Crippen LogP contribution in [0.2, 0.25) is 0 Å². The van der Waals surface area contributed by atoms with Gasteiger partial charge in [-0.25, -0.2) is 0 Å². The standard InChI is InChI=1S/C20H31N3O2/c1-15-6-10-20(3,11-7-15)22-12-8-17(9-13-22)21-18-14-16(2)4-5-19(18)23(24)25/h4-5,14-15,17,21H,6-13H2,1-3H3. The molecule has 1 aromatic rings. The number of benzene rings is 1. The SMILES string of the molecule is Cc1ccc([N+](=O)[O-])c(NC2CCN(C3(C)CCC(C)CC3)CC2)c1. The monoisotopic (exact) mass is 345 g/mol. The third kappa shape index (κ3) is 4.14. The first-order valence-electron chi connectivity index (χ1n) is 9.64. The molecule has 2 fully saturated rings. The van der Waals surface area contributed by atoms with E-state index in [0.717, 1.165) is 37.4 Å². The molecule has 1 aromatic carbocycles. The highest BCUT2D eigenvalue weighted by Gasteiger charge is 2.37. The van der Waals surface area contributed by atoms with Gasteiger partial charge in [0.2, 0.25) is 0 Å². The van der Waals surface area contributed by atoms with Gasteiger partial charge < -0.3 is 5.32 Å². The van der Waals surface area contributed by atoms with E-state index in [9.17, 15) is 10.1 Å². The molecule has 1 saturated heterocycles. The Morgan fingerprint density at radius 1 is 1.20 bits per heavy atom. The van der Waals surface area contributed by atoms with Gasteiger partial charge in [0.1, 0.15) is 5.69 Å². The second kappa shape index (κ2) is 7.32. The number of nitro groups is 1. The lowest BCUT2D eigenvalue weighted by atomic mass is 9.76. The van der Waals surface area contributed by atoms with Gasteiger partial charge in [-0.3, -0.25) is 15.0 Å². The summed E-state index contributed by atoms with van der Waals surface area (Å²) in [5, 5.41) is 14.7. The van der Waals surface area contributed by atoms with Crippen molar-refractivity contribution in [3.63, 3.8) is 0 Å². The zero-order valence-corrected chi connectivity index (χ0v) is 15.8. The highest BCUT2D eigenvalue weighted by molar-refractivity contribution is 5.63. The predicted molar refractivity (Wildman–Crippen MR) is 102 cm³/mol. The van der Waals surface area contributed by atoms with Crippen LogP contribution in [0, 0.1) is 23.0 Å². The van der Waals surface area contributed by atoms with Crippen molar-refractivity contribution in [3.05, 3.63) is 33.9 Å². The largest absolute Gasteiger partial charge is 0.377 e. The maximum Gasteiger partial charge on any atom is 0.292 e. The topological polar surface area (TPSA) is 58.4 Å². The summed E-state index contributed by atoms with van der Waals surface area (Å²) in [6.45, 7) is 8.94. The van der Waals surface area contributed by atoms with E-state index >= 15 is 0 Å². The second-order valence-corrected chi connectivity index (χ2v) is 8.36. The molecule has 25 heavy (non-hydrogen) atoms. The van der Waals surface area contributed by atoms with Gasteiger partial charge in [0.05, 0.1) is 4.92 Å². The Morgan fingerprint density at radius 2 is 1.84 bits per heavy atom. The van der Waals surface area contributed by atoms with Gasteiger partial charge in [-0.1, -0.05) is 13.0 Å². The van der Waals surface area contributed by atoms with Crippen molar-refractivity contribution >= 4 is 11.4 Å². The molecule has 0 aromatic heterocycles. The zero-order valence-electron chi connectivity index (χ0n) is 15.8. The van der Waals surface area contributed by atoms with Crippen LogP contribution in [-0.2, 0) is 0 Å². The molecule has 138 valence electrons. The highest BCUT2D eigenvalue weighted by Crippen LogP contribution is 2.38. The maximum atomic E-state index is 11.3. The van der Waals surface area contributed by atoms with E-state index in [1.807, 2.05) is 13.0 Å². The van der Waals surface area contributed by atoms with Crippen LogP contribution in [0.3, 0.4) is 0 Å². The smallest absolute Gasteiger partial charge is 0.292 e. The predicted octanol–water partition coefficient (Wildman–Crippen LogP) is 4.75. The minimum Gasteiger partial charge on any atom is -0.377 e. The van der Waals surface area contributed by atoms with Gasteiger partial charge in [0.15, 0.2) is 0 Å². The normalized spacial score (nSPS) is 28.7. The lowest BCUT2D eigenvalue weighted by Crippen LogP contribution is -2.53. The first kappa shape index (κ1) is 18.2. The van der Waals surface area contributed by atoms with Crippen LogP contribution >= 0.6 is 0 Å². The third-order valence-electron chi connectivity index (χ3n) is 6.32. The molecule has 2 aliphatic rings. The van der Waals surface area contributed by atoms with Gasteiger partial charge in [-0.2, -0.15) is 0 Å². The summed E-state index contributed by atoms with van der Waals surface area (Å²) in [6.07, 6.45) is 7.38. The van der Waals surface area contributed by atoms with E-state index in [0.29, 0.717) is 17.3 Å². The summed E-state index contributed by atoms with van der Waals surface area (Å²) < 4.78 is 0. The Bertz CT molecular complexity index is 615. The molecule has 1 saturated carbocycles. The second-order valence-electron chi connectivity index (χ2n) is 8.36. The summed E-state index contributed by atoms with van der Waals surface area (Å²) >= 11 is 0. The summed E-state index contributed by atoms with van der Waals surface area (Å²) in [4.78, 5) is 13.6. The van der Waals surface area contributed by atoms with Crippen molar-refractivity contribution in [2.45, 2.75) is 70.9 Å². The fourth-order valence-electron chi connectivity index (χ4n) is 4.41. The molecule has 3 rings (SSSR count). The number of anilines is 1. The Morgan fingerprint density at radius 3 is 2.44 bits per heavy atom. The molecular weight excluding hydrogens is 314 g/mol. The summed E-state index contributed by atoms with van der Waals surface area (Å²) in [5.74, 6) is 0.870. The van der Waals surface area contributed by atoms with E-state index in [1.54, 1.807) is 12.1 Å². The van der Waals surface area contributed by atoms with E-state index in [2.05, 4.69) is 24.1 Å². The summed E-state index contributed by atoms with van der Waals surface area (Å²) in [5.41, 5.74) is 2.25. The molecule has 5 heteroatoms. The van der Waals surface area contributed by atoms with Crippen molar-refractivity contribution in [1.29, 1.82) is 0 Å². The van der Waals surface area contributed by atoms with Gasteiger partial charge in [-0.15, -0.1) is 0 Å². The minimum atomic E-state index is -0.291. The van der Waals surface area contributed by atoms with E-state index in [1.165, 1.54) is 25.7 Å². The van der Waals surface area contributed by atoms with E-state index < -0.39 is 0 Å². The van der Waals surface area contributed by atoms with Gasteiger partial charge >= 0.3 is 0 Å². The van der Waals surface area contributed by atoms with Crippen LogP contribution < -0.4 is 5.32 Å². The molecule has 0 atom stereocenters. The zero-order chi connectivity index (χ0) is 18.0. The molecule has 5 nitrogen and oxygen atoms in total. The average molecular weight is 345 g/mol. The van der Waals surface area contributed by atoms with Gasteiger partial charge in [0, 0.05) is 30.7 Å². The van der Waals surface area contributed by atoms with Crippen LogP contribution in [0.4, 0.5) is 11.4 Å². The van der Waals surface area contributed by atoms with Gasteiger partial charge in [0.25, 0.3) is 5.69 Å². The summed E-state index contributed by atoms with van der Waals surface area (Å²) in [6, 6.07) is 5.63. The van der Waals surface area contributed by atoms with Crippen LogP contribution in [-0.4, -0.2) is 34.5 Å². The maximum absolute atomic E-state index is 11.3. The molecular formula is C20H31N3O2. The molecule has 0 spiro atoms. The summed E-state index contributed by atoms with van der Waals surface area (Å²) in [7, 11) is 0. The number of hydrogen-bond acceptors (Lipinski definition) is 4. The van der Waals surface area contributed by atoms with Crippen molar-refractivity contribution < 1.29 is 4.92 Å². The molecule has 0 amide bonds. The average Bonchev–Trinajstić information content (AvgIpc) is 2.58. The lowest BCUT2D eigenvalue weighted by molar-refractivity contribution is -0.384. The van der Waals surface area contributed by atoms with Crippen LogP contribution in [0.5, 0.6) is 0 Å². The number of rotatable bonds is 4. The lowest BCUT2D eigenvalue weighted by Gasteiger charge is -2.48. The van der Waals surface area contributed by atoms with Crippen molar-refractivity contribution in [2.75, 3.05) is 18.4 Å². The van der Waals surface area contributed by atoms with Crippen LogP contribution in [0.15, 0.2) is 18.2 Å². The molecule has 1 aliphatic carbocycles. The fraction of sp³-hybridized carbons (Fsp3) is 0.700. The molecule has 1 N–H and O–H groups in total. The van der Waals surface area contributed by atoms with Crippen molar-refractivity contribution in [2.24, 2.45) is 5.92 Å². The Balaban J connectivity index is 1.60. The molecule has 0 unspecified atom stereocenters. The molecule has 0 bridgehead atoms. The first-order chi connectivity index (χ1) is 11.9. The van der Waals surface area contributed by atoms with Crippen molar-refractivity contribution in [3.8, 4) is 0 Å². The highest BCUT2D eigenvalue weighted by atomic mass is 16.6. The minimum absolute atomic E-state index is 0.182. The van der Waals surface area contributed by atoms with Crippen LogP contribution in [0.1, 0.15) is 57.9 Å². The third-order valence-corrected chi connectivity index (χ3v) is 6.32. The van der Waals surface area contributed by atoms with Crippen LogP contribution in [0.25, 0.3) is 0 Å². The van der Waals surface area contributed by atoms with E-state index in [4.69, 9.17) is 0 Å². The Labute approximate surface area is 150 Å². The Kier molecular flexibility index (Phi) is 5.32. The number of piperidine rings is 1. The number of hydrogen-bond donors (Lipinski definition) is 1. The van der Waals surface area contributed by atoms with Crippen molar-refractivity contribution in [1.82, 2.24) is 4.90 Å². The number of aryl methyl sites for hydroxylation is 1.